The lowest BCUT2D eigenvalue weighted by atomic mass is 10.2. The van der Waals surface area contributed by atoms with Gasteiger partial charge in [0.2, 0.25) is 0 Å². The molecule has 13 heavy (non-hydrogen) atoms. The first kappa shape index (κ1) is 11.5. The first-order valence-electron chi connectivity index (χ1n) is 3.24. The Hall–Kier alpha value is 0.450. The van der Waals surface area contributed by atoms with Gasteiger partial charge in [0.05, 0.1) is 5.56 Å². The number of aromatic nitrogens is 1. The number of hydrogen-bond donors (Lipinski definition) is 0. The monoisotopic (exact) mass is 377 g/mol. The topological polar surface area (TPSA) is 12.9 Å². The third-order valence-electron chi connectivity index (χ3n) is 1.48. The minimum Gasteiger partial charge on any atom is -0.248 e. The van der Waals surface area contributed by atoms with E-state index in [1.807, 2.05) is 0 Å². The van der Waals surface area contributed by atoms with Gasteiger partial charge < -0.3 is 0 Å². The van der Waals surface area contributed by atoms with E-state index in [9.17, 15) is 8.78 Å². The highest BCUT2D eigenvalue weighted by Crippen LogP contribution is 2.34. The Balaban J connectivity index is 3.35. The maximum absolute atomic E-state index is 12.5. The molecule has 0 saturated heterocycles. The van der Waals surface area contributed by atoms with E-state index in [4.69, 9.17) is 0 Å². The van der Waals surface area contributed by atoms with Crippen molar-refractivity contribution in [2.24, 2.45) is 0 Å². The van der Waals surface area contributed by atoms with Gasteiger partial charge in [-0.05, 0) is 37.4 Å². The van der Waals surface area contributed by atoms with Crippen molar-refractivity contribution in [1.82, 2.24) is 4.98 Å². The maximum atomic E-state index is 12.5. The van der Waals surface area contributed by atoms with E-state index in [1.165, 1.54) is 6.20 Å². The summed E-state index contributed by atoms with van der Waals surface area (Å²) >= 11 is 9.30. The average molecular weight is 380 g/mol. The molecule has 1 heterocycles. The molecule has 0 aliphatic carbocycles. The quantitative estimate of drug-likeness (QED) is 0.547. The smallest absolute Gasteiger partial charge is 0.248 e. The highest BCUT2D eigenvalue weighted by atomic mass is 79.9. The average Bonchev–Trinajstić information content (AvgIpc) is 2.07. The number of pyridine rings is 1. The van der Waals surface area contributed by atoms with Crippen LogP contribution in [0.2, 0.25) is 0 Å². The van der Waals surface area contributed by atoms with Crippen molar-refractivity contribution in [3.8, 4) is 0 Å². The second-order valence-electron chi connectivity index (χ2n) is 2.22. The van der Waals surface area contributed by atoms with Crippen LogP contribution in [0.1, 0.15) is 17.6 Å². The van der Waals surface area contributed by atoms with Crippen molar-refractivity contribution < 1.29 is 8.78 Å². The molecule has 0 fully saturated rings. The van der Waals surface area contributed by atoms with Gasteiger partial charge in [-0.3, -0.25) is 0 Å². The van der Waals surface area contributed by atoms with Gasteiger partial charge in [-0.25, -0.2) is 13.8 Å². The van der Waals surface area contributed by atoms with Gasteiger partial charge in [0, 0.05) is 16.0 Å². The lowest BCUT2D eigenvalue weighted by molar-refractivity contribution is 0.149. The largest absolute Gasteiger partial charge is 0.266 e. The van der Waals surface area contributed by atoms with Crippen LogP contribution >= 0.6 is 47.8 Å². The molecule has 0 radical (unpaired) electrons. The molecule has 0 aliphatic rings. The van der Waals surface area contributed by atoms with Crippen molar-refractivity contribution in [2.75, 3.05) is 0 Å². The number of rotatable bonds is 2. The first-order valence-corrected chi connectivity index (χ1v) is 5.95. The van der Waals surface area contributed by atoms with Crippen LogP contribution in [-0.4, -0.2) is 4.98 Å². The Kier molecular flexibility index (Phi) is 4.25. The Labute approximate surface area is 99.3 Å². The van der Waals surface area contributed by atoms with E-state index in [1.54, 1.807) is 0 Å². The van der Waals surface area contributed by atoms with Crippen LogP contribution in [-0.2, 0) is 5.33 Å². The third-order valence-corrected chi connectivity index (χ3v) is 3.35. The second-order valence-corrected chi connectivity index (χ2v) is 4.39. The minimum atomic E-state index is -2.52. The van der Waals surface area contributed by atoms with Crippen LogP contribution in [0, 0.1) is 0 Å². The van der Waals surface area contributed by atoms with Gasteiger partial charge in [0.1, 0.15) is 4.60 Å². The van der Waals surface area contributed by atoms with Gasteiger partial charge in [-0.2, -0.15) is 0 Å². The lowest BCUT2D eigenvalue weighted by Gasteiger charge is -2.09. The van der Waals surface area contributed by atoms with Crippen molar-refractivity contribution in [2.45, 2.75) is 11.8 Å². The van der Waals surface area contributed by atoms with Crippen LogP contribution in [0.4, 0.5) is 8.78 Å². The van der Waals surface area contributed by atoms with Crippen molar-refractivity contribution in [3.05, 3.63) is 26.4 Å². The summed E-state index contributed by atoms with van der Waals surface area (Å²) in [5.74, 6) is 0. The molecule has 1 aromatic rings. The van der Waals surface area contributed by atoms with E-state index in [0.29, 0.717) is 15.4 Å². The molecule has 0 saturated carbocycles. The Morgan fingerprint density at radius 1 is 1.38 bits per heavy atom. The molecule has 0 spiro atoms. The molecule has 0 N–H and O–H groups in total. The molecule has 72 valence electrons. The zero-order valence-electron chi connectivity index (χ0n) is 6.20. The zero-order valence-corrected chi connectivity index (χ0v) is 11.0. The minimum absolute atomic E-state index is 0.0637. The molecule has 0 aromatic carbocycles. The van der Waals surface area contributed by atoms with Crippen molar-refractivity contribution in [1.29, 1.82) is 0 Å². The number of hydrogen-bond acceptors (Lipinski definition) is 1. The van der Waals surface area contributed by atoms with Crippen LogP contribution in [0.15, 0.2) is 15.3 Å². The number of halogens is 5. The molecular formula is C7H4Br3F2N. The van der Waals surface area contributed by atoms with E-state index in [2.05, 4.69) is 52.8 Å². The summed E-state index contributed by atoms with van der Waals surface area (Å²) in [7, 11) is 0. The Bertz CT molecular complexity index is 317. The summed E-state index contributed by atoms with van der Waals surface area (Å²) in [6.45, 7) is 0. The fraction of sp³-hybridized carbons (Fsp3) is 0.286. The second kappa shape index (κ2) is 4.79. The summed E-state index contributed by atoms with van der Waals surface area (Å²) in [6.07, 6.45) is -1.03. The van der Waals surface area contributed by atoms with E-state index >= 15 is 0 Å². The van der Waals surface area contributed by atoms with Gasteiger partial charge in [0.25, 0.3) is 6.43 Å². The van der Waals surface area contributed by atoms with Crippen LogP contribution < -0.4 is 0 Å². The molecule has 0 amide bonds. The predicted molar refractivity (Wildman–Crippen MR) is 57.2 cm³/mol. The zero-order chi connectivity index (χ0) is 10.0. The van der Waals surface area contributed by atoms with Crippen LogP contribution in [0.3, 0.4) is 0 Å². The van der Waals surface area contributed by atoms with Gasteiger partial charge in [-0.15, -0.1) is 0 Å². The summed E-state index contributed by atoms with van der Waals surface area (Å²) in [5.41, 5.74) is 0.461. The first-order chi connectivity index (χ1) is 6.07. The molecule has 6 heteroatoms. The van der Waals surface area contributed by atoms with Crippen LogP contribution in [0.5, 0.6) is 0 Å². The van der Waals surface area contributed by atoms with Crippen LogP contribution in [0.25, 0.3) is 0 Å². The molecule has 1 aromatic heterocycles. The number of nitrogens with zero attached hydrogens (tertiary/aromatic N) is 1. The molecule has 0 aliphatic heterocycles. The highest BCUT2D eigenvalue weighted by molar-refractivity contribution is 9.11. The summed E-state index contributed by atoms with van der Waals surface area (Å²) in [6, 6.07) is 0. The summed E-state index contributed by atoms with van der Waals surface area (Å²) in [5, 5.41) is 0.369. The fourth-order valence-electron chi connectivity index (χ4n) is 0.872. The van der Waals surface area contributed by atoms with E-state index < -0.39 is 6.43 Å². The standard InChI is InChI=1S/C7H4Br3F2N/c8-1-3-4(9)2-13-6(10)5(3)7(11)12/h2,7H,1H2. The fourth-order valence-corrected chi connectivity index (χ4v) is 2.82. The molecule has 1 rings (SSSR count). The van der Waals surface area contributed by atoms with E-state index in [0.717, 1.165) is 0 Å². The summed E-state index contributed by atoms with van der Waals surface area (Å²) in [4.78, 5) is 3.78. The van der Waals surface area contributed by atoms with Gasteiger partial charge in [-0.1, -0.05) is 15.9 Å². The van der Waals surface area contributed by atoms with Crippen molar-refractivity contribution >= 4 is 47.8 Å². The molecule has 0 unspecified atom stereocenters. The Morgan fingerprint density at radius 3 is 2.38 bits per heavy atom. The highest BCUT2D eigenvalue weighted by Gasteiger charge is 2.19. The van der Waals surface area contributed by atoms with Crippen molar-refractivity contribution in [3.63, 3.8) is 0 Å². The lowest BCUT2D eigenvalue weighted by Crippen LogP contribution is -1.97. The Morgan fingerprint density at radius 2 is 2.00 bits per heavy atom. The molecule has 1 nitrogen and oxygen atoms in total. The maximum Gasteiger partial charge on any atom is 0.266 e. The molecule has 0 bridgehead atoms. The summed E-state index contributed by atoms with van der Waals surface area (Å²) < 4.78 is 25.9. The SMILES string of the molecule is FC(F)c1c(Br)ncc(Br)c1CBr. The normalized spacial score (nSPS) is 10.9. The predicted octanol–water partition coefficient (Wildman–Crippen LogP) is 4.44. The third kappa shape index (κ3) is 2.47. The molecular weight excluding hydrogens is 376 g/mol. The van der Waals surface area contributed by atoms with E-state index in [-0.39, 0.29) is 10.2 Å². The number of alkyl halides is 3. The van der Waals surface area contributed by atoms with Gasteiger partial charge >= 0.3 is 0 Å². The van der Waals surface area contributed by atoms with Gasteiger partial charge in [0.15, 0.2) is 0 Å². The molecule has 0 atom stereocenters.